The summed E-state index contributed by atoms with van der Waals surface area (Å²) >= 11 is 0. The predicted octanol–water partition coefficient (Wildman–Crippen LogP) is 18.2. The van der Waals surface area contributed by atoms with E-state index in [0.29, 0.717) is 49.1 Å². The topological polar surface area (TPSA) is 124 Å². The second-order valence-electron chi connectivity index (χ2n) is 20.6. The molecule has 3 aromatic rings. The van der Waals surface area contributed by atoms with Gasteiger partial charge in [-0.1, -0.05) is 193 Å². The Bertz CT molecular complexity index is 2030. The summed E-state index contributed by atoms with van der Waals surface area (Å²) in [4.78, 5) is 48.3. The lowest BCUT2D eigenvalue weighted by Crippen LogP contribution is -2.16. The van der Waals surface area contributed by atoms with Gasteiger partial charge >= 0.3 is 23.9 Å². The molecule has 0 amide bonds. The highest BCUT2D eigenvalue weighted by Gasteiger charge is 2.31. The van der Waals surface area contributed by atoms with Crippen LogP contribution in [0.1, 0.15) is 240 Å². The van der Waals surface area contributed by atoms with Crippen molar-refractivity contribution in [2.75, 3.05) is 26.4 Å². The van der Waals surface area contributed by atoms with Crippen molar-refractivity contribution in [1.82, 2.24) is 0 Å². The van der Waals surface area contributed by atoms with Gasteiger partial charge in [0.15, 0.2) is 0 Å². The van der Waals surface area contributed by atoms with E-state index in [9.17, 15) is 19.2 Å². The summed E-state index contributed by atoms with van der Waals surface area (Å²) in [5.74, 6) is -13.6. The van der Waals surface area contributed by atoms with Crippen LogP contribution in [-0.4, -0.2) is 50.3 Å². The molecule has 10 nitrogen and oxygen atoms in total. The van der Waals surface area contributed by atoms with E-state index in [1.54, 1.807) is 13.8 Å². The van der Waals surface area contributed by atoms with Crippen LogP contribution in [0.5, 0.6) is 23.0 Å². The Morgan fingerprint density at radius 1 is 0.333 bits per heavy atom. The highest BCUT2D eigenvalue weighted by molar-refractivity contribution is 5.92. The molecule has 14 heteroatoms. The smallest absolute Gasteiger partial charge is 0.343 e. The molecule has 0 atom stereocenters. The summed E-state index contributed by atoms with van der Waals surface area (Å²) < 4.78 is 91.6. The Labute approximate surface area is 463 Å². The summed E-state index contributed by atoms with van der Waals surface area (Å²) in [6.07, 6.45) is 37.3. The normalized spacial score (nSPS) is 11.1. The van der Waals surface area contributed by atoms with Crippen LogP contribution < -0.4 is 18.9 Å². The van der Waals surface area contributed by atoms with Crippen LogP contribution in [0.2, 0.25) is 0 Å². The van der Waals surface area contributed by atoms with Gasteiger partial charge in [-0.05, 0) is 88.1 Å². The Morgan fingerprint density at radius 2 is 0.538 bits per heavy atom. The van der Waals surface area contributed by atoms with Crippen molar-refractivity contribution < 1.29 is 65.2 Å². The molecule has 0 aromatic heterocycles. The summed E-state index contributed by atoms with van der Waals surface area (Å²) in [6, 6.07) is 11.2. The zero-order valence-corrected chi connectivity index (χ0v) is 47.1. The number of benzene rings is 3. The van der Waals surface area contributed by atoms with E-state index in [-0.39, 0.29) is 23.1 Å². The number of rotatable bonds is 46. The van der Waals surface area contributed by atoms with Gasteiger partial charge in [-0.2, -0.15) is 17.6 Å². The lowest BCUT2D eigenvalue weighted by molar-refractivity contribution is -0.139. The first-order chi connectivity index (χ1) is 37.8. The first-order valence-corrected chi connectivity index (χ1v) is 29.2. The number of esters is 4. The van der Waals surface area contributed by atoms with Gasteiger partial charge in [-0.25, -0.2) is 19.2 Å². The van der Waals surface area contributed by atoms with Crippen molar-refractivity contribution in [3.05, 3.63) is 107 Å². The van der Waals surface area contributed by atoms with Gasteiger partial charge in [0.25, 0.3) is 0 Å². The summed E-state index contributed by atoms with van der Waals surface area (Å²) in [5, 5.41) is 0. The van der Waals surface area contributed by atoms with Crippen molar-refractivity contribution in [2.45, 2.75) is 219 Å². The van der Waals surface area contributed by atoms with Crippen LogP contribution in [0, 0.1) is 23.3 Å². The van der Waals surface area contributed by atoms with Crippen LogP contribution in [0.3, 0.4) is 0 Å². The third-order valence-corrected chi connectivity index (χ3v) is 13.5. The van der Waals surface area contributed by atoms with Gasteiger partial charge in [0.2, 0.25) is 34.8 Å². The highest BCUT2D eigenvalue weighted by Crippen LogP contribution is 2.36. The third kappa shape index (κ3) is 28.8. The molecule has 0 bridgehead atoms. The van der Waals surface area contributed by atoms with Crippen LogP contribution in [0.4, 0.5) is 17.6 Å². The molecule has 0 spiro atoms. The minimum atomic E-state index is -2.04. The van der Waals surface area contributed by atoms with E-state index in [1.165, 1.54) is 190 Å². The van der Waals surface area contributed by atoms with E-state index in [4.69, 9.17) is 28.4 Å². The zero-order valence-electron chi connectivity index (χ0n) is 47.1. The largest absolute Gasteiger partial charge is 0.494 e. The van der Waals surface area contributed by atoms with Gasteiger partial charge in [0.05, 0.1) is 37.6 Å². The fourth-order valence-corrected chi connectivity index (χ4v) is 8.76. The molecule has 0 aliphatic carbocycles. The van der Waals surface area contributed by atoms with Gasteiger partial charge in [-0.15, -0.1) is 0 Å². The predicted molar refractivity (Wildman–Crippen MR) is 299 cm³/mol. The SMILES string of the molecule is C=C(C)C(=O)OCCCCCCCCCCCCCCCCCCOc1ccc(C(=O)Oc2c(F)c(F)c(OC(=O)c3ccc(OCCCCCCCCCCCCCCCCCCOC(=O)C(=C)C)cc3)c(F)c2F)cc1. The molecule has 0 heterocycles. The maximum absolute atomic E-state index is 15.1. The average Bonchev–Trinajstić information content (AvgIpc) is 3.45. The summed E-state index contributed by atoms with van der Waals surface area (Å²) in [6.45, 7) is 12.4. The molecule has 78 heavy (non-hydrogen) atoms. The minimum absolute atomic E-state index is 0.147. The van der Waals surface area contributed by atoms with Gasteiger partial charge in [0, 0.05) is 11.1 Å². The van der Waals surface area contributed by atoms with Crippen LogP contribution in [0.25, 0.3) is 0 Å². The Morgan fingerprint density at radius 3 is 0.756 bits per heavy atom. The zero-order chi connectivity index (χ0) is 56.6. The summed E-state index contributed by atoms with van der Waals surface area (Å²) in [5.41, 5.74) is 0.593. The number of carbonyl (C=O) groups excluding carboxylic acids is 4. The third-order valence-electron chi connectivity index (χ3n) is 13.5. The van der Waals surface area contributed by atoms with E-state index in [2.05, 4.69) is 13.2 Å². The second-order valence-corrected chi connectivity index (χ2v) is 20.6. The molecule has 3 aromatic carbocycles. The molecule has 3 rings (SSSR count). The van der Waals surface area contributed by atoms with Gasteiger partial charge in [-0.3, -0.25) is 0 Å². The maximum atomic E-state index is 15.1. The fourth-order valence-electron chi connectivity index (χ4n) is 8.76. The van der Waals surface area contributed by atoms with Crippen LogP contribution in [-0.2, 0) is 19.1 Å². The van der Waals surface area contributed by atoms with E-state index in [0.717, 1.165) is 64.2 Å². The average molecular weight is 1100 g/mol. The molecule has 0 saturated carbocycles. The number of carbonyl (C=O) groups is 4. The molecule has 0 radical (unpaired) electrons. The first-order valence-electron chi connectivity index (χ1n) is 29.2. The molecular formula is C64H90F4O10. The van der Waals surface area contributed by atoms with Crippen molar-refractivity contribution in [3.63, 3.8) is 0 Å². The molecule has 0 aliphatic rings. The summed E-state index contributed by atoms with van der Waals surface area (Å²) in [7, 11) is 0. The Kier molecular flexibility index (Phi) is 35.4. The van der Waals surface area contributed by atoms with Gasteiger partial charge < -0.3 is 28.4 Å². The van der Waals surface area contributed by atoms with Crippen LogP contribution in [0.15, 0.2) is 72.8 Å². The van der Waals surface area contributed by atoms with E-state index >= 15 is 17.6 Å². The van der Waals surface area contributed by atoms with Crippen molar-refractivity contribution in [1.29, 1.82) is 0 Å². The van der Waals surface area contributed by atoms with E-state index in [1.807, 2.05) is 0 Å². The Balaban J connectivity index is 1.20. The molecule has 0 N–H and O–H groups in total. The maximum Gasteiger partial charge on any atom is 0.343 e. The van der Waals surface area contributed by atoms with Crippen LogP contribution >= 0.6 is 0 Å². The molecule has 0 aliphatic heterocycles. The lowest BCUT2D eigenvalue weighted by atomic mass is 10.0. The highest BCUT2D eigenvalue weighted by atomic mass is 19.2. The molecule has 0 fully saturated rings. The van der Waals surface area contributed by atoms with Crippen molar-refractivity contribution in [2.24, 2.45) is 0 Å². The monoisotopic (exact) mass is 1090 g/mol. The van der Waals surface area contributed by atoms with Crippen molar-refractivity contribution in [3.8, 4) is 23.0 Å². The number of halogens is 4. The number of hydrogen-bond donors (Lipinski definition) is 0. The van der Waals surface area contributed by atoms with Gasteiger partial charge in [0.1, 0.15) is 11.5 Å². The molecule has 0 saturated heterocycles. The van der Waals surface area contributed by atoms with E-state index < -0.39 is 46.7 Å². The number of hydrogen-bond acceptors (Lipinski definition) is 10. The number of unbranched alkanes of at least 4 members (excludes halogenated alkanes) is 30. The van der Waals surface area contributed by atoms with Crippen molar-refractivity contribution >= 4 is 23.9 Å². The molecule has 0 unspecified atom stereocenters. The Hall–Kier alpha value is -5.66. The first kappa shape index (κ1) is 66.6. The minimum Gasteiger partial charge on any atom is -0.494 e. The number of ether oxygens (including phenoxy) is 6. The lowest BCUT2D eigenvalue weighted by Gasteiger charge is -2.13. The fraction of sp³-hybridized carbons (Fsp3) is 0.594. The molecule has 434 valence electrons. The molecular weight excluding hydrogens is 1000 g/mol. The quantitative estimate of drug-likeness (QED) is 0.0135. The standard InChI is InChI=1S/C64H90F4O10/c1-49(2)61(69)75-47-35-31-27-23-19-15-11-7-5-9-13-17-21-25-29-33-45-73-53-41-37-51(38-42-53)63(71)77-59-55(65)57(67)60(58(68)56(59)66)78-64(72)52-39-43-54(44-40-52)74-46-34-30-26-22-18-14-10-6-8-12-16-20-24-28-32-36-48-76-62(70)50(3)4/h37-44H,1,3,5-36,45-48H2,2,4H3. The second kappa shape index (κ2) is 41.4.